The van der Waals surface area contributed by atoms with Gasteiger partial charge in [0.15, 0.2) is 11.5 Å². The maximum Gasteiger partial charge on any atom is 0.294 e. The Balaban J connectivity index is 1.66. The predicted octanol–water partition coefficient (Wildman–Crippen LogP) is 6.23. The van der Waals surface area contributed by atoms with E-state index < -0.39 is 23.5 Å². The fraction of sp³-hybridized carbons (Fsp3) is 0.0400. The number of phenols is 1. The van der Waals surface area contributed by atoms with Crippen LogP contribution in [-0.4, -0.2) is 21.9 Å². The highest BCUT2D eigenvalue weighted by molar-refractivity contribution is 6.31. The van der Waals surface area contributed by atoms with Gasteiger partial charge in [-0.3, -0.25) is 14.5 Å². The van der Waals surface area contributed by atoms with Crippen LogP contribution in [0.4, 0.5) is 5.69 Å². The molecule has 1 aromatic heterocycles. The number of ketones is 1. The van der Waals surface area contributed by atoms with Gasteiger partial charge in [0, 0.05) is 21.1 Å². The summed E-state index contributed by atoms with van der Waals surface area (Å²) in [6.07, 6.45) is 0. The smallest absolute Gasteiger partial charge is 0.294 e. The molecule has 1 atom stereocenters. The third-order valence-electron chi connectivity index (χ3n) is 5.45. The van der Waals surface area contributed by atoms with E-state index in [1.54, 1.807) is 54.6 Å². The van der Waals surface area contributed by atoms with Crippen LogP contribution in [-0.2, 0) is 4.79 Å². The monoisotopic (exact) mass is 479 g/mol. The van der Waals surface area contributed by atoms with Crippen molar-refractivity contribution >= 4 is 51.5 Å². The summed E-state index contributed by atoms with van der Waals surface area (Å²) in [5.74, 6) is -2.20. The molecule has 2 heterocycles. The van der Waals surface area contributed by atoms with Gasteiger partial charge in [0.1, 0.15) is 11.3 Å². The maximum absolute atomic E-state index is 13.6. The minimum Gasteiger partial charge on any atom is -0.508 e. The lowest BCUT2D eigenvalue weighted by Crippen LogP contribution is -2.31. The zero-order valence-electron chi connectivity index (χ0n) is 16.8. The SMILES string of the molecule is O=C(C1=C(O)C(=O)N(c2ccc(Cl)cc2)C1c1cccc(O)c1)c1cc2cc(Cl)ccc2o1. The Kier molecular flexibility index (Phi) is 5.12. The largest absolute Gasteiger partial charge is 0.508 e. The number of carbonyl (C=O) groups is 2. The molecule has 1 unspecified atom stereocenters. The zero-order valence-corrected chi connectivity index (χ0v) is 18.3. The number of carbonyl (C=O) groups excluding carboxylic acids is 2. The van der Waals surface area contributed by atoms with Crippen LogP contribution in [0.3, 0.4) is 0 Å². The molecule has 0 radical (unpaired) electrons. The van der Waals surface area contributed by atoms with Crippen LogP contribution >= 0.6 is 23.2 Å². The molecule has 1 amide bonds. The molecule has 164 valence electrons. The minimum atomic E-state index is -1.00. The average molecular weight is 480 g/mol. The maximum atomic E-state index is 13.6. The lowest BCUT2D eigenvalue weighted by Gasteiger charge is -2.27. The first-order valence-corrected chi connectivity index (χ1v) is 10.6. The molecule has 0 spiro atoms. The van der Waals surface area contributed by atoms with Gasteiger partial charge in [-0.15, -0.1) is 0 Å². The molecule has 2 N–H and O–H groups in total. The van der Waals surface area contributed by atoms with Crippen molar-refractivity contribution in [1.29, 1.82) is 0 Å². The number of aliphatic hydroxyl groups excluding tert-OH is 1. The molecule has 8 heteroatoms. The first-order chi connectivity index (χ1) is 15.8. The number of rotatable bonds is 4. The first kappa shape index (κ1) is 21.1. The van der Waals surface area contributed by atoms with E-state index in [1.807, 2.05) is 0 Å². The number of amides is 1. The first-order valence-electron chi connectivity index (χ1n) is 9.88. The number of anilines is 1. The molecular weight excluding hydrogens is 465 g/mol. The van der Waals surface area contributed by atoms with Crippen LogP contribution in [0.15, 0.2) is 88.5 Å². The minimum absolute atomic E-state index is 0.0485. The standard InChI is InChI=1S/C25H15Cl2NO5/c26-15-4-7-17(8-5-15)28-22(13-2-1-3-18(29)11-13)21(24(31)25(28)32)23(30)20-12-14-10-16(27)6-9-19(14)33-20/h1-12,22,29,31H. The molecule has 0 bridgehead atoms. The van der Waals surface area contributed by atoms with E-state index in [4.69, 9.17) is 27.6 Å². The highest BCUT2D eigenvalue weighted by Gasteiger charge is 2.45. The normalized spacial score (nSPS) is 16.1. The number of Topliss-reactive ketones (excluding diaryl/α,β-unsaturated/α-hetero) is 1. The van der Waals surface area contributed by atoms with E-state index in [1.165, 1.54) is 23.1 Å². The van der Waals surface area contributed by atoms with Crippen LogP contribution < -0.4 is 4.90 Å². The molecule has 33 heavy (non-hydrogen) atoms. The molecule has 0 saturated heterocycles. The Bertz CT molecular complexity index is 1460. The average Bonchev–Trinajstić information content (AvgIpc) is 3.33. The number of benzene rings is 3. The van der Waals surface area contributed by atoms with Gasteiger partial charge >= 0.3 is 0 Å². The number of aromatic hydroxyl groups is 1. The van der Waals surface area contributed by atoms with Gasteiger partial charge in [-0.2, -0.15) is 0 Å². The molecule has 1 aliphatic heterocycles. The summed E-state index contributed by atoms with van der Waals surface area (Å²) >= 11 is 12.0. The van der Waals surface area contributed by atoms with Crippen molar-refractivity contribution in [2.75, 3.05) is 4.90 Å². The van der Waals surface area contributed by atoms with Crippen molar-refractivity contribution in [1.82, 2.24) is 0 Å². The zero-order chi connectivity index (χ0) is 23.3. The van der Waals surface area contributed by atoms with E-state index in [0.717, 1.165) is 0 Å². The fourth-order valence-electron chi connectivity index (χ4n) is 3.97. The fourth-order valence-corrected chi connectivity index (χ4v) is 4.28. The van der Waals surface area contributed by atoms with Crippen molar-refractivity contribution in [3.8, 4) is 5.75 Å². The van der Waals surface area contributed by atoms with Crippen molar-refractivity contribution < 1.29 is 24.2 Å². The highest BCUT2D eigenvalue weighted by atomic mass is 35.5. The summed E-state index contributed by atoms with van der Waals surface area (Å²) in [6.45, 7) is 0. The van der Waals surface area contributed by atoms with Crippen LogP contribution in [0.1, 0.15) is 22.2 Å². The van der Waals surface area contributed by atoms with Gasteiger partial charge in [0.25, 0.3) is 5.91 Å². The lowest BCUT2D eigenvalue weighted by atomic mass is 9.94. The molecule has 6 nitrogen and oxygen atoms in total. The second-order valence-corrected chi connectivity index (χ2v) is 8.41. The Labute approximate surface area is 197 Å². The van der Waals surface area contributed by atoms with Crippen molar-refractivity contribution in [2.24, 2.45) is 0 Å². The third kappa shape index (κ3) is 3.63. The molecule has 0 aliphatic carbocycles. The van der Waals surface area contributed by atoms with E-state index in [9.17, 15) is 19.8 Å². The lowest BCUT2D eigenvalue weighted by molar-refractivity contribution is -0.117. The Morgan fingerprint density at radius 1 is 0.909 bits per heavy atom. The summed E-state index contributed by atoms with van der Waals surface area (Å²) in [5, 5.41) is 22.4. The summed E-state index contributed by atoms with van der Waals surface area (Å²) in [4.78, 5) is 28.0. The van der Waals surface area contributed by atoms with Gasteiger partial charge in [-0.05, 0) is 66.2 Å². The van der Waals surface area contributed by atoms with Gasteiger partial charge < -0.3 is 14.6 Å². The number of hydrogen-bond donors (Lipinski definition) is 2. The summed E-state index contributed by atoms with van der Waals surface area (Å²) in [5.41, 5.74) is 1.13. The quantitative estimate of drug-likeness (QED) is 0.338. The third-order valence-corrected chi connectivity index (χ3v) is 5.93. The Hall–Kier alpha value is -3.74. The highest BCUT2D eigenvalue weighted by Crippen LogP contribution is 2.43. The van der Waals surface area contributed by atoms with Gasteiger partial charge in [0.05, 0.1) is 11.6 Å². The van der Waals surface area contributed by atoms with Gasteiger partial charge in [-0.25, -0.2) is 0 Å². The van der Waals surface area contributed by atoms with Crippen LogP contribution in [0, 0.1) is 0 Å². The summed E-state index contributed by atoms with van der Waals surface area (Å²) in [6, 6.07) is 18.0. The van der Waals surface area contributed by atoms with Crippen LogP contribution in [0.25, 0.3) is 11.0 Å². The van der Waals surface area contributed by atoms with Gasteiger partial charge in [-0.1, -0.05) is 35.3 Å². The summed E-state index contributed by atoms with van der Waals surface area (Å²) in [7, 11) is 0. The van der Waals surface area contributed by atoms with Crippen molar-refractivity contribution in [3.05, 3.63) is 105 Å². The number of fused-ring (bicyclic) bond motifs is 1. The topological polar surface area (TPSA) is 91.0 Å². The molecular formula is C25H15Cl2NO5. The van der Waals surface area contributed by atoms with Crippen molar-refractivity contribution in [3.63, 3.8) is 0 Å². The second kappa shape index (κ2) is 7.99. The Morgan fingerprint density at radius 2 is 1.64 bits per heavy atom. The molecule has 0 fully saturated rings. The number of nitrogens with zero attached hydrogens (tertiary/aromatic N) is 1. The summed E-state index contributed by atoms with van der Waals surface area (Å²) < 4.78 is 5.70. The molecule has 1 aliphatic rings. The predicted molar refractivity (Wildman–Crippen MR) is 125 cm³/mol. The molecule has 5 rings (SSSR count). The van der Waals surface area contributed by atoms with E-state index in [0.29, 0.717) is 32.3 Å². The van der Waals surface area contributed by atoms with Gasteiger partial charge in [0.2, 0.25) is 5.78 Å². The number of phenolic OH excluding ortho intramolecular Hbond substituents is 1. The number of aliphatic hydroxyl groups is 1. The van der Waals surface area contributed by atoms with E-state index in [2.05, 4.69) is 0 Å². The Morgan fingerprint density at radius 3 is 2.36 bits per heavy atom. The number of furan rings is 1. The number of hydrogen-bond acceptors (Lipinski definition) is 5. The number of halogens is 2. The molecule has 4 aromatic rings. The van der Waals surface area contributed by atoms with Crippen molar-refractivity contribution in [2.45, 2.75) is 6.04 Å². The van der Waals surface area contributed by atoms with Crippen LogP contribution in [0.2, 0.25) is 10.0 Å². The van der Waals surface area contributed by atoms with E-state index in [-0.39, 0.29) is 17.1 Å². The van der Waals surface area contributed by atoms with E-state index >= 15 is 0 Å². The second-order valence-electron chi connectivity index (χ2n) is 7.53. The molecule has 3 aromatic carbocycles. The molecule has 0 saturated carbocycles. The van der Waals surface area contributed by atoms with Crippen LogP contribution in [0.5, 0.6) is 5.75 Å².